The van der Waals surface area contributed by atoms with Crippen molar-refractivity contribution in [2.24, 2.45) is 5.73 Å². The molecule has 1 unspecified atom stereocenters. The van der Waals surface area contributed by atoms with E-state index in [0.717, 1.165) is 0 Å². The second-order valence-electron chi connectivity index (χ2n) is 4.58. The maximum absolute atomic E-state index is 12.2. The Bertz CT molecular complexity index is 508. The van der Waals surface area contributed by atoms with Crippen molar-refractivity contribution in [2.75, 3.05) is 11.4 Å². The van der Waals surface area contributed by atoms with Gasteiger partial charge in [0.15, 0.2) is 0 Å². The second kappa shape index (κ2) is 6.92. The molecule has 1 aromatic rings. The number of nitrogens with two attached hydrogens (primary N) is 1. The Morgan fingerprint density at radius 1 is 1.50 bits per heavy atom. The monoisotopic (exact) mass is 317 g/mol. The number of hydrogen-bond acceptors (Lipinski definition) is 3. The van der Waals surface area contributed by atoms with Crippen LogP contribution in [0.2, 0.25) is 5.02 Å². The Balaban J connectivity index is 0.00000200. The number of benzene rings is 1. The number of nitrogens with zero attached hydrogens (tertiary/aromatic N) is 1. The lowest BCUT2D eigenvalue weighted by Gasteiger charge is -2.18. The molecule has 1 aromatic carbocycles. The number of carbonyl (C=O) groups is 2. The fourth-order valence-corrected chi connectivity index (χ4v) is 2.26. The molecule has 2 atom stereocenters. The summed E-state index contributed by atoms with van der Waals surface area (Å²) in [4.78, 5) is 25.3. The van der Waals surface area contributed by atoms with E-state index in [2.05, 4.69) is 5.32 Å². The van der Waals surface area contributed by atoms with Gasteiger partial charge in [0.2, 0.25) is 11.8 Å². The third kappa shape index (κ3) is 3.42. The number of halogens is 2. The summed E-state index contributed by atoms with van der Waals surface area (Å²) in [6.07, 6.45) is 0.558. The molecule has 110 valence electrons. The largest absolute Gasteiger partial charge is 0.343 e. The van der Waals surface area contributed by atoms with Crippen molar-refractivity contribution in [1.29, 1.82) is 0 Å². The van der Waals surface area contributed by atoms with Crippen molar-refractivity contribution < 1.29 is 9.59 Å². The van der Waals surface area contributed by atoms with Crippen LogP contribution in [0, 0.1) is 0 Å². The van der Waals surface area contributed by atoms with Gasteiger partial charge < -0.3 is 16.0 Å². The van der Waals surface area contributed by atoms with Gasteiger partial charge in [-0.1, -0.05) is 23.7 Å². The molecule has 1 fully saturated rings. The van der Waals surface area contributed by atoms with Crippen molar-refractivity contribution in [3.05, 3.63) is 29.3 Å². The molecular weight excluding hydrogens is 301 g/mol. The smallest absolute Gasteiger partial charge is 0.249 e. The van der Waals surface area contributed by atoms with Gasteiger partial charge in [-0.2, -0.15) is 0 Å². The first-order valence-corrected chi connectivity index (χ1v) is 6.50. The van der Waals surface area contributed by atoms with Crippen LogP contribution in [0.4, 0.5) is 5.69 Å². The van der Waals surface area contributed by atoms with Crippen LogP contribution in [0.1, 0.15) is 13.3 Å². The van der Waals surface area contributed by atoms with Crippen molar-refractivity contribution in [1.82, 2.24) is 5.32 Å². The number of carbonyl (C=O) groups excluding carboxylic acids is 2. The van der Waals surface area contributed by atoms with E-state index in [1.807, 2.05) is 12.1 Å². The lowest BCUT2D eigenvalue weighted by Crippen LogP contribution is -2.47. The van der Waals surface area contributed by atoms with E-state index in [0.29, 0.717) is 23.7 Å². The SMILES string of the molecule is C[C@@H](N)C(=O)NC1CCN(c2ccccc2Cl)C1=O.Cl. The first kappa shape index (κ1) is 16.8. The second-order valence-corrected chi connectivity index (χ2v) is 4.99. The summed E-state index contributed by atoms with van der Waals surface area (Å²) in [6.45, 7) is 2.12. The highest BCUT2D eigenvalue weighted by Crippen LogP contribution is 2.28. The van der Waals surface area contributed by atoms with Gasteiger partial charge >= 0.3 is 0 Å². The number of amides is 2. The molecule has 3 N–H and O–H groups in total. The summed E-state index contributed by atoms with van der Waals surface area (Å²) in [6, 6.07) is 6.01. The van der Waals surface area contributed by atoms with E-state index in [1.54, 1.807) is 24.0 Å². The van der Waals surface area contributed by atoms with Gasteiger partial charge in [0.25, 0.3) is 0 Å². The van der Waals surface area contributed by atoms with Crippen LogP contribution in [0.15, 0.2) is 24.3 Å². The summed E-state index contributed by atoms with van der Waals surface area (Å²) in [5.74, 6) is -0.471. The van der Waals surface area contributed by atoms with Gasteiger partial charge in [0.1, 0.15) is 6.04 Å². The van der Waals surface area contributed by atoms with Crippen molar-refractivity contribution in [2.45, 2.75) is 25.4 Å². The lowest BCUT2D eigenvalue weighted by atomic mass is 10.2. The van der Waals surface area contributed by atoms with Gasteiger partial charge in [0, 0.05) is 6.54 Å². The normalized spacial score (nSPS) is 19.4. The van der Waals surface area contributed by atoms with Gasteiger partial charge in [-0.25, -0.2) is 0 Å². The predicted octanol–water partition coefficient (Wildman–Crippen LogP) is 1.33. The molecular formula is C13H17Cl2N3O2. The molecule has 0 aromatic heterocycles. The Morgan fingerprint density at radius 2 is 2.15 bits per heavy atom. The van der Waals surface area contributed by atoms with Crippen molar-refractivity contribution >= 4 is 41.5 Å². The molecule has 2 rings (SSSR count). The summed E-state index contributed by atoms with van der Waals surface area (Å²) in [5, 5.41) is 3.17. The Morgan fingerprint density at radius 3 is 2.75 bits per heavy atom. The zero-order valence-corrected chi connectivity index (χ0v) is 12.6. The summed E-state index contributed by atoms with van der Waals surface area (Å²) in [7, 11) is 0. The summed E-state index contributed by atoms with van der Waals surface area (Å²) in [5.41, 5.74) is 6.14. The Labute approximate surface area is 128 Å². The minimum atomic E-state index is -0.623. The van der Waals surface area contributed by atoms with Crippen LogP contribution in [0.5, 0.6) is 0 Å². The maximum atomic E-state index is 12.2. The minimum Gasteiger partial charge on any atom is -0.343 e. The first-order chi connectivity index (χ1) is 9.00. The van der Waals surface area contributed by atoms with Crippen molar-refractivity contribution in [3.63, 3.8) is 0 Å². The van der Waals surface area contributed by atoms with E-state index in [9.17, 15) is 9.59 Å². The third-order valence-electron chi connectivity index (χ3n) is 3.08. The van der Waals surface area contributed by atoms with E-state index in [-0.39, 0.29) is 24.2 Å². The molecule has 0 radical (unpaired) electrons. The van der Waals surface area contributed by atoms with Crippen LogP contribution in [-0.4, -0.2) is 30.4 Å². The number of rotatable bonds is 3. The first-order valence-electron chi connectivity index (χ1n) is 6.12. The highest BCUT2D eigenvalue weighted by atomic mass is 35.5. The molecule has 1 aliphatic heterocycles. The number of anilines is 1. The fraction of sp³-hybridized carbons (Fsp3) is 0.385. The van der Waals surface area contributed by atoms with E-state index in [1.165, 1.54) is 0 Å². The Hall–Kier alpha value is -1.30. The molecule has 1 heterocycles. The summed E-state index contributed by atoms with van der Waals surface area (Å²) >= 11 is 6.07. The summed E-state index contributed by atoms with van der Waals surface area (Å²) < 4.78 is 0. The zero-order chi connectivity index (χ0) is 14.0. The number of nitrogens with one attached hydrogen (secondary N) is 1. The molecule has 5 nitrogen and oxygen atoms in total. The van der Waals surface area contributed by atoms with Crippen LogP contribution >= 0.6 is 24.0 Å². The Kier molecular flexibility index (Phi) is 5.80. The molecule has 20 heavy (non-hydrogen) atoms. The van der Waals surface area contributed by atoms with Gasteiger partial charge in [0.05, 0.1) is 16.8 Å². The average molecular weight is 318 g/mol. The van der Waals surface area contributed by atoms with Crippen LogP contribution in [-0.2, 0) is 9.59 Å². The average Bonchev–Trinajstić information content (AvgIpc) is 2.72. The van der Waals surface area contributed by atoms with Gasteiger partial charge in [-0.05, 0) is 25.5 Å². The standard InChI is InChI=1S/C13H16ClN3O2.ClH/c1-8(15)12(18)16-10-6-7-17(13(10)19)11-5-3-2-4-9(11)14;/h2-5,8,10H,6-7,15H2,1H3,(H,16,18);1H/t8-,10?;/m1./s1. The topological polar surface area (TPSA) is 75.4 Å². The molecule has 2 amide bonds. The van der Waals surface area contributed by atoms with Crippen molar-refractivity contribution in [3.8, 4) is 0 Å². The molecule has 1 saturated heterocycles. The predicted molar refractivity (Wildman–Crippen MR) is 81.3 cm³/mol. The molecule has 0 aliphatic carbocycles. The minimum absolute atomic E-state index is 0. The number of hydrogen-bond donors (Lipinski definition) is 2. The molecule has 0 saturated carbocycles. The fourth-order valence-electron chi connectivity index (χ4n) is 2.03. The van der Waals surface area contributed by atoms with Gasteiger partial charge in [-0.3, -0.25) is 9.59 Å². The van der Waals surface area contributed by atoms with Crippen LogP contribution in [0.25, 0.3) is 0 Å². The zero-order valence-electron chi connectivity index (χ0n) is 11.0. The maximum Gasteiger partial charge on any atom is 0.249 e. The number of para-hydroxylation sites is 1. The molecule has 7 heteroatoms. The molecule has 0 spiro atoms. The van der Waals surface area contributed by atoms with Gasteiger partial charge in [-0.15, -0.1) is 12.4 Å². The molecule has 0 bridgehead atoms. The lowest BCUT2D eigenvalue weighted by molar-refractivity contribution is -0.127. The van der Waals surface area contributed by atoms with Crippen LogP contribution < -0.4 is 16.0 Å². The molecule has 1 aliphatic rings. The highest BCUT2D eigenvalue weighted by Gasteiger charge is 2.34. The highest BCUT2D eigenvalue weighted by molar-refractivity contribution is 6.34. The van der Waals surface area contributed by atoms with E-state index < -0.39 is 12.1 Å². The van der Waals surface area contributed by atoms with E-state index in [4.69, 9.17) is 17.3 Å². The van der Waals surface area contributed by atoms with E-state index >= 15 is 0 Å². The third-order valence-corrected chi connectivity index (χ3v) is 3.40. The quantitative estimate of drug-likeness (QED) is 0.883. The van der Waals surface area contributed by atoms with Crippen LogP contribution in [0.3, 0.4) is 0 Å².